The quantitative estimate of drug-likeness (QED) is 0.770. The standard InChI is InChI=1S/C16H20N6O2/c23-15-13(4-1-2-6-18-15)21-16(24)19-11-12-5-8-17-14(10-12)22-9-3-7-20-22/h3,5,7-10,13H,1-2,4,6,11H2,(H,18,23)(H2,19,21,24). The number of hydrogen-bond acceptors (Lipinski definition) is 4. The third-order valence-electron chi connectivity index (χ3n) is 3.84. The van der Waals surface area contributed by atoms with Gasteiger partial charge in [-0.15, -0.1) is 0 Å². The van der Waals surface area contributed by atoms with Crippen LogP contribution in [0.15, 0.2) is 36.8 Å². The van der Waals surface area contributed by atoms with Crippen molar-refractivity contribution in [2.75, 3.05) is 6.54 Å². The number of pyridine rings is 1. The van der Waals surface area contributed by atoms with Gasteiger partial charge in [-0.1, -0.05) is 0 Å². The Labute approximate surface area is 139 Å². The highest BCUT2D eigenvalue weighted by Crippen LogP contribution is 2.07. The van der Waals surface area contributed by atoms with Gasteiger partial charge in [-0.05, 0) is 43.0 Å². The first-order valence-corrected chi connectivity index (χ1v) is 7.99. The average Bonchev–Trinajstić information content (AvgIpc) is 3.06. The fourth-order valence-electron chi connectivity index (χ4n) is 2.57. The molecule has 24 heavy (non-hydrogen) atoms. The molecule has 8 nitrogen and oxygen atoms in total. The number of carbonyl (C=O) groups excluding carboxylic acids is 2. The first-order valence-electron chi connectivity index (χ1n) is 7.99. The van der Waals surface area contributed by atoms with Crippen molar-refractivity contribution in [3.63, 3.8) is 0 Å². The molecule has 0 aromatic carbocycles. The van der Waals surface area contributed by atoms with Crippen molar-refractivity contribution in [1.29, 1.82) is 0 Å². The Morgan fingerprint density at radius 2 is 2.29 bits per heavy atom. The van der Waals surface area contributed by atoms with E-state index in [1.807, 2.05) is 18.2 Å². The van der Waals surface area contributed by atoms with Crippen LogP contribution in [0, 0.1) is 0 Å². The van der Waals surface area contributed by atoms with E-state index in [4.69, 9.17) is 0 Å². The second kappa shape index (κ2) is 7.58. The molecule has 126 valence electrons. The molecule has 8 heteroatoms. The van der Waals surface area contributed by atoms with Crippen molar-refractivity contribution >= 4 is 11.9 Å². The Hall–Kier alpha value is -2.90. The van der Waals surface area contributed by atoms with Crippen molar-refractivity contribution in [3.05, 3.63) is 42.4 Å². The van der Waals surface area contributed by atoms with Gasteiger partial charge in [0.25, 0.3) is 0 Å². The number of nitrogens with zero attached hydrogens (tertiary/aromatic N) is 3. The number of rotatable bonds is 4. The predicted molar refractivity (Wildman–Crippen MR) is 87.4 cm³/mol. The van der Waals surface area contributed by atoms with Crippen molar-refractivity contribution in [2.45, 2.75) is 31.8 Å². The van der Waals surface area contributed by atoms with Crippen LogP contribution < -0.4 is 16.0 Å². The molecular formula is C16H20N6O2. The fourth-order valence-corrected chi connectivity index (χ4v) is 2.57. The number of aromatic nitrogens is 3. The summed E-state index contributed by atoms with van der Waals surface area (Å²) in [6.07, 6.45) is 7.68. The van der Waals surface area contributed by atoms with Gasteiger partial charge in [0.1, 0.15) is 6.04 Å². The number of hydrogen-bond donors (Lipinski definition) is 3. The average molecular weight is 328 g/mol. The van der Waals surface area contributed by atoms with Gasteiger partial charge < -0.3 is 16.0 Å². The van der Waals surface area contributed by atoms with Crippen molar-refractivity contribution in [1.82, 2.24) is 30.7 Å². The first-order chi connectivity index (χ1) is 11.7. The van der Waals surface area contributed by atoms with E-state index in [9.17, 15) is 9.59 Å². The summed E-state index contributed by atoms with van der Waals surface area (Å²) in [6, 6.07) is 4.67. The third-order valence-corrected chi connectivity index (χ3v) is 3.84. The van der Waals surface area contributed by atoms with Crippen LogP contribution in [0.1, 0.15) is 24.8 Å². The molecule has 2 aromatic rings. The van der Waals surface area contributed by atoms with Crippen LogP contribution in [0.3, 0.4) is 0 Å². The van der Waals surface area contributed by atoms with Gasteiger partial charge in [0, 0.05) is 31.7 Å². The Balaban J connectivity index is 1.54. The minimum absolute atomic E-state index is 0.118. The van der Waals surface area contributed by atoms with Gasteiger partial charge in [0.05, 0.1) is 0 Å². The third kappa shape index (κ3) is 4.09. The molecule has 2 aromatic heterocycles. The summed E-state index contributed by atoms with van der Waals surface area (Å²) in [5.41, 5.74) is 0.899. The summed E-state index contributed by atoms with van der Waals surface area (Å²) in [5.74, 6) is 0.565. The highest BCUT2D eigenvalue weighted by atomic mass is 16.2. The maximum Gasteiger partial charge on any atom is 0.315 e. The van der Waals surface area contributed by atoms with Gasteiger partial charge >= 0.3 is 6.03 Å². The molecule has 3 rings (SSSR count). The van der Waals surface area contributed by atoms with Crippen LogP contribution in [0.25, 0.3) is 5.82 Å². The molecule has 3 amide bonds. The molecule has 0 spiro atoms. The first kappa shape index (κ1) is 16.0. The largest absolute Gasteiger partial charge is 0.354 e. The molecular weight excluding hydrogens is 308 g/mol. The van der Waals surface area contributed by atoms with E-state index >= 15 is 0 Å². The molecule has 1 unspecified atom stereocenters. The lowest BCUT2D eigenvalue weighted by Crippen LogP contribution is -2.48. The molecule has 3 N–H and O–H groups in total. The molecule has 1 atom stereocenters. The van der Waals surface area contributed by atoms with Gasteiger partial charge in [-0.25, -0.2) is 14.5 Å². The van der Waals surface area contributed by atoms with Crippen LogP contribution in [0.5, 0.6) is 0 Å². The molecule has 3 heterocycles. The predicted octanol–water partition coefficient (Wildman–Crippen LogP) is 0.735. The van der Waals surface area contributed by atoms with Gasteiger partial charge in [0.2, 0.25) is 5.91 Å². The highest BCUT2D eigenvalue weighted by Gasteiger charge is 2.22. The lowest BCUT2D eigenvalue weighted by atomic mass is 10.1. The fraction of sp³-hybridized carbons (Fsp3) is 0.375. The van der Waals surface area contributed by atoms with Crippen LogP contribution in [0.4, 0.5) is 4.79 Å². The molecule has 0 radical (unpaired) electrons. The number of nitrogens with one attached hydrogen (secondary N) is 3. The Morgan fingerprint density at radius 3 is 3.12 bits per heavy atom. The molecule has 0 bridgehead atoms. The number of urea groups is 1. The minimum atomic E-state index is -0.468. The molecule has 1 saturated heterocycles. The maximum absolute atomic E-state index is 12.0. The highest BCUT2D eigenvalue weighted by molar-refractivity contribution is 5.87. The summed E-state index contributed by atoms with van der Waals surface area (Å²) in [7, 11) is 0. The van der Waals surface area contributed by atoms with Crippen LogP contribution >= 0.6 is 0 Å². The minimum Gasteiger partial charge on any atom is -0.354 e. The Kier molecular flexibility index (Phi) is 5.05. The van der Waals surface area contributed by atoms with Crippen LogP contribution in [-0.4, -0.2) is 39.3 Å². The summed E-state index contributed by atoms with van der Waals surface area (Å²) >= 11 is 0. The summed E-state index contributed by atoms with van der Waals surface area (Å²) < 4.78 is 1.65. The molecule has 1 fully saturated rings. The van der Waals surface area contributed by atoms with Crippen molar-refractivity contribution in [3.8, 4) is 5.82 Å². The zero-order valence-corrected chi connectivity index (χ0v) is 13.2. The van der Waals surface area contributed by atoms with Crippen molar-refractivity contribution in [2.24, 2.45) is 0 Å². The lowest BCUT2D eigenvalue weighted by molar-refractivity contribution is -0.122. The summed E-state index contributed by atoms with van der Waals surface area (Å²) in [6.45, 7) is 1.02. The van der Waals surface area contributed by atoms with E-state index in [0.29, 0.717) is 25.3 Å². The van der Waals surface area contributed by atoms with E-state index in [-0.39, 0.29) is 11.9 Å². The van der Waals surface area contributed by atoms with Gasteiger partial charge in [0.15, 0.2) is 5.82 Å². The zero-order valence-electron chi connectivity index (χ0n) is 13.2. The topological polar surface area (TPSA) is 101 Å². The summed E-state index contributed by atoms with van der Waals surface area (Å²) in [5, 5.41) is 12.4. The SMILES string of the molecule is O=C(NCc1ccnc(-n2cccn2)c1)NC1CCCCNC1=O. The second-order valence-electron chi connectivity index (χ2n) is 5.64. The van der Waals surface area contributed by atoms with E-state index in [1.165, 1.54) is 0 Å². The monoisotopic (exact) mass is 328 g/mol. The molecule has 0 aliphatic carbocycles. The molecule has 1 aliphatic heterocycles. The summed E-state index contributed by atoms with van der Waals surface area (Å²) in [4.78, 5) is 28.1. The molecule has 1 aliphatic rings. The normalized spacial score (nSPS) is 17.7. The number of carbonyl (C=O) groups is 2. The van der Waals surface area contributed by atoms with Gasteiger partial charge in [-0.3, -0.25) is 4.79 Å². The number of amides is 3. The van der Waals surface area contributed by atoms with Gasteiger partial charge in [-0.2, -0.15) is 5.10 Å². The van der Waals surface area contributed by atoms with Crippen LogP contribution in [-0.2, 0) is 11.3 Å². The van der Waals surface area contributed by atoms with E-state index in [1.54, 1.807) is 23.3 Å². The van der Waals surface area contributed by atoms with E-state index in [2.05, 4.69) is 26.0 Å². The van der Waals surface area contributed by atoms with Crippen LogP contribution in [0.2, 0.25) is 0 Å². The lowest BCUT2D eigenvalue weighted by Gasteiger charge is -2.15. The smallest absolute Gasteiger partial charge is 0.315 e. The Morgan fingerprint density at radius 1 is 1.38 bits per heavy atom. The second-order valence-corrected chi connectivity index (χ2v) is 5.64. The zero-order chi connectivity index (χ0) is 16.8. The van der Waals surface area contributed by atoms with E-state index in [0.717, 1.165) is 18.4 Å². The Bertz CT molecular complexity index is 700. The van der Waals surface area contributed by atoms with Crippen molar-refractivity contribution < 1.29 is 9.59 Å². The van der Waals surface area contributed by atoms with E-state index < -0.39 is 6.04 Å². The maximum atomic E-state index is 12.0. The molecule has 0 saturated carbocycles.